The van der Waals surface area contributed by atoms with E-state index in [-0.39, 0.29) is 5.41 Å². The van der Waals surface area contributed by atoms with Crippen LogP contribution < -0.4 is 5.73 Å². The molecule has 0 atom stereocenters. The maximum absolute atomic E-state index is 6.30. The molecule has 0 aliphatic rings. The van der Waals surface area contributed by atoms with Crippen LogP contribution in [-0.4, -0.2) is 31.1 Å². The molecule has 0 fully saturated rings. The highest BCUT2D eigenvalue weighted by Gasteiger charge is 2.34. The molecule has 2 N–H and O–H groups in total. The highest BCUT2D eigenvalue weighted by molar-refractivity contribution is 5.40. The summed E-state index contributed by atoms with van der Waals surface area (Å²) in [5.74, 6) is 0. The van der Waals surface area contributed by atoms with E-state index >= 15 is 0 Å². The summed E-state index contributed by atoms with van der Waals surface area (Å²) >= 11 is 0. The Morgan fingerprint density at radius 2 is 1.24 bits per heavy atom. The maximum Gasteiger partial charge on any atom is 0.0451 e. The van der Waals surface area contributed by atoms with E-state index in [2.05, 4.69) is 79.4 Å². The summed E-state index contributed by atoms with van der Waals surface area (Å²) in [6.07, 6.45) is 0. The van der Waals surface area contributed by atoms with E-state index in [4.69, 9.17) is 5.73 Å². The first-order valence-corrected chi connectivity index (χ1v) is 7.80. The summed E-state index contributed by atoms with van der Waals surface area (Å²) in [7, 11) is 0. The van der Waals surface area contributed by atoms with E-state index in [0.717, 1.165) is 19.6 Å². The van der Waals surface area contributed by atoms with Gasteiger partial charge in [0.2, 0.25) is 0 Å². The standard InChI is InChI=1S/C19H26N2/c1-3-21(4-2)16-19(15-20,17-11-7-5-8-12-17)18-13-9-6-10-14-18/h5-14H,3-4,15-16,20H2,1-2H3. The van der Waals surface area contributed by atoms with Crippen LogP contribution >= 0.6 is 0 Å². The molecule has 0 spiro atoms. The molecule has 0 saturated carbocycles. The van der Waals surface area contributed by atoms with Gasteiger partial charge in [0.05, 0.1) is 0 Å². The molecule has 0 aliphatic carbocycles. The Labute approximate surface area is 128 Å². The summed E-state index contributed by atoms with van der Waals surface area (Å²) < 4.78 is 0. The van der Waals surface area contributed by atoms with Gasteiger partial charge in [-0.2, -0.15) is 0 Å². The third kappa shape index (κ3) is 3.34. The lowest BCUT2D eigenvalue weighted by Crippen LogP contribution is -2.47. The van der Waals surface area contributed by atoms with E-state index in [0.29, 0.717) is 6.54 Å². The molecule has 0 radical (unpaired) electrons. The first-order chi connectivity index (χ1) is 10.3. The second kappa shape index (κ2) is 7.39. The molecule has 0 saturated heterocycles. The Bertz CT molecular complexity index is 478. The van der Waals surface area contributed by atoms with Gasteiger partial charge < -0.3 is 10.6 Å². The summed E-state index contributed by atoms with van der Waals surface area (Å²) in [6.45, 7) is 8.05. The summed E-state index contributed by atoms with van der Waals surface area (Å²) in [6, 6.07) is 21.3. The molecule has 0 aliphatic heterocycles. The van der Waals surface area contributed by atoms with Crippen molar-refractivity contribution in [1.82, 2.24) is 4.90 Å². The molecule has 0 bridgehead atoms. The first kappa shape index (κ1) is 15.7. The predicted molar refractivity (Wildman–Crippen MR) is 90.5 cm³/mol. The normalized spacial score (nSPS) is 11.8. The molecule has 2 heteroatoms. The minimum absolute atomic E-state index is 0.144. The Kier molecular flexibility index (Phi) is 5.54. The first-order valence-electron chi connectivity index (χ1n) is 7.80. The molecule has 112 valence electrons. The molecule has 2 nitrogen and oxygen atoms in total. The Balaban J connectivity index is 2.51. The number of nitrogens with two attached hydrogens (primary N) is 1. The minimum Gasteiger partial charge on any atom is -0.329 e. The molecule has 2 aromatic carbocycles. The third-order valence-corrected chi connectivity index (χ3v) is 4.39. The van der Waals surface area contributed by atoms with Crippen molar-refractivity contribution in [1.29, 1.82) is 0 Å². The number of hydrogen-bond donors (Lipinski definition) is 1. The molecular formula is C19H26N2. The molecular weight excluding hydrogens is 256 g/mol. The van der Waals surface area contributed by atoms with Crippen molar-refractivity contribution in [3.05, 3.63) is 71.8 Å². The van der Waals surface area contributed by atoms with Crippen LogP contribution in [0.5, 0.6) is 0 Å². The van der Waals surface area contributed by atoms with Gasteiger partial charge in [-0.25, -0.2) is 0 Å². The topological polar surface area (TPSA) is 29.3 Å². The molecule has 0 heterocycles. The summed E-state index contributed by atoms with van der Waals surface area (Å²) in [5, 5.41) is 0. The Morgan fingerprint density at radius 3 is 1.57 bits per heavy atom. The number of rotatable bonds is 7. The lowest BCUT2D eigenvalue weighted by atomic mass is 9.74. The zero-order valence-electron chi connectivity index (χ0n) is 13.1. The van der Waals surface area contributed by atoms with Crippen LogP contribution in [0.2, 0.25) is 0 Å². The zero-order chi connectivity index (χ0) is 15.1. The largest absolute Gasteiger partial charge is 0.329 e. The van der Waals surface area contributed by atoms with Gasteiger partial charge in [-0.15, -0.1) is 0 Å². The number of likely N-dealkylation sites (N-methyl/N-ethyl adjacent to an activating group) is 1. The second-order valence-corrected chi connectivity index (χ2v) is 5.48. The molecule has 0 aromatic heterocycles. The van der Waals surface area contributed by atoms with Gasteiger partial charge in [0, 0.05) is 18.5 Å². The van der Waals surface area contributed by atoms with Gasteiger partial charge in [0.1, 0.15) is 0 Å². The van der Waals surface area contributed by atoms with Gasteiger partial charge in [-0.3, -0.25) is 0 Å². The second-order valence-electron chi connectivity index (χ2n) is 5.48. The summed E-state index contributed by atoms with van der Waals surface area (Å²) in [5.41, 5.74) is 8.75. The minimum atomic E-state index is -0.144. The number of benzene rings is 2. The van der Waals surface area contributed by atoms with Gasteiger partial charge >= 0.3 is 0 Å². The van der Waals surface area contributed by atoms with E-state index < -0.39 is 0 Å². The average Bonchev–Trinajstić information content (AvgIpc) is 2.58. The van der Waals surface area contributed by atoms with Gasteiger partial charge in [0.25, 0.3) is 0 Å². The lowest BCUT2D eigenvalue weighted by Gasteiger charge is -2.38. The van der Waals surface area contributed by atoms with Gasteiger partial charge in [-0.1, -0.05) is 74.5 Å². The van der Waals surface area contributed by atoms with Crippen molar-refractivity contribution in [2.24, 2.45) is 5.73 Å². The van der Waals surface area contributed by atoms with Crippen molar-refractivity contribution in [2.45, 2.75) is 19.3 Å². The van der Waals surface area contributed by atoms with E-state index in [9.17, 15) is 0 Å². The quantitative estimate of drug-likeness (QED) is 0.844. The highest BCUT2D eigenvalue weighted by atomic mass is 15.1. The van der Waals surface area contributed by atoms with Gasteiger partial charge in [0.15, 0.2) is 0 Å². The van der Waals surface area contributed by atoms with E-state index in [1.54, 1.807) is 0 Å². The van der Waals surface area contributed by atoms with Crippen molar-refractivity contribution in [3.8, 4) is 0 Å². The number of hydrogen-bond acceptors (Lipinski definition) is 2. The fourth-order valence-corrected chi connectivity index (χ4v) is 2.99. The molecule has 2 rings (SSSR count). The van der Waals surface area contributed by atoms with Crippen molar-refractivity contribution < 1.29 is 0 Å². The fourth-order valence-electron chi connectivity index (χ4n) is 2.99. The monoisotopic (exact) mass is 282 g/mol. The lowest BCUT2D eigenvalue weighted by molar-refractivity contribution is 0.249. The van der Waals surface area contributed by atoms with Crippen LogP contribution in [0.3, 0.4) is 0 Å². The fraction of sp³-hybridized carbons (Fsp3) is 0.368. The van der Waals surface area contributed by atoms with Crippen LogP contribution in [0.25, 0.3) is 0 Å². The molecule has 0 unspecified atom stereocenters. The van der Waals surface area contributed by atoms with Crippen LogP contribution in [0.15, 0.2) is 60.7 Å². The van der Waals surface area contributed by atoms with E-state index in [1.165, 1.54) is 11.1 Å². The van der Waals surface area contributed by atoms with Crippen LogP contribution in [0.1, 0.15) is 25.0 Å². The smallest absolute Gasteiger partial charge is 0.0451 e. The zero-order valence-corrected chi connectivity index (χ0v) is 13.1. The predicted octanol–water partition coefficient (Wildman–Crippen LogP) is 3.27. The summed E-state index contributed by atoms with van der Waals surface area (Å²) in [4.78, 5) is 2.45. The molecule has 0 amide bonds. The highest BCUT2D eigenvalue weighted by Crippen LogP contribution is 2.32. The van der Waals surface area contributed by atoms with Crippen LogP contribution in [0, 0.1) is 0 Å². The Hall–Kier alpha value is -1.64. The maximum atomic E-state index is 6.30. The van der Waals surface area contributed by atoms with E-state index in [1.807, 2.05) is 0 Å². The number of nitrogens with zero attached hydrogens (tertiary/aromatic N) is 1. The molecule has 21 heavy (non-hydrogen) atoms. The Morgan fingerprint density at radius 1 is 0.810 bits per heavy atom. The van der Waals surface area contributed by atoms with Crippen molar-refractivity contribution in [3.63, 3.8) is 0 Å². The van der Waals surface area contributed by atoms with Crippen LogP contribution in [-0.2, 0) is 5.41 Å². The SMILES string of the molecule is CCN(CC)CC(CN)(c1ccccc1)c1ccccc1. The van der Waals surface area contributed by atoms with Crippen molar-refractivity contribution >= 4 is 0 Å². The van der Waals surface area contributed by atoms with Crippen LogP contribution in [0.4, 0.5) is 0 Å². The van der Waals surface area contributed by atoms with Crippen molar-refractivity contribution in [2.75, 3.05) is 26.2 Å². The van der Waals surface area contributed by atoms with Gasteiger partial charge in [-0.05, 0) is 24.2 Å². The average molecular weight is 282 g/mol. The molecule has 2 aromatic rings. The third-order valence-electron chi connectivity index (χ3n) is 4.39.